The maximum absolute atomic E-state index is 3.67. The van der Waals surface area contributed by atoms with Crippen LogP contribution in [0, 0.1) is 5.92 Å². The molecule has 0 aliphatic heterocycles. The van der Waals surface area contributed by atoms with Crippen LogP contribution in [-0.4, -0.2) is 6.04 Å². The summed E-state index contributed by atoms with van der Waals surface area (Å²) in [5.41, 5.74) is 1.38. The smallest absolute Gasteiger partial charge is 0.0208 e. The lowest BCUT2D eigenvalue weighted by Gasteiger charge is -2.12. The number of nitrogens with one attached hydrogen (secondary N) is 1. The molecule has 2 rings (SSSR count). The highest BCUT2D eigenvalue weighted by molar-refractivity contribution is 9.10. The van der Waals surface area contributed by atoms with Crippen LogP contribution in [0.2, 0.25) is 0 Å². The first-order valence-electron chi connectivity index (χ1n) is 6.25. The first kappa shape index (κ1) is 12.1. The summed E-state index contributed by atoms with van der Waals surface area (Å²) in [5, 5.41) is 3.67. The second-order valence-electron chi connectivity index (χ2n) is 4.79. The second-order valence-corrected chi connectivity index (χ2v) is 5.71. The fourth-order valence-corrected chi connectivity index (χ4v) is 2.76. The van der Waals surface area contributed by atoms with E-state index in [1.807, 2.05) is 0 Å². The maximum atomic E-state index is 3.67. The monoisotopic (exact) mass is 281 g/mol. The molecule has 0 heterocycles. The van der Waals surface area contributed by atoms with E-state index in [2.05, 4.69) is 52.4 Å². The molecule has 2 heteroatoms. The van der Waals surface area contributed by atoms with Crippen LogP contribution in [-0.2, 0) is 6.54 Å². The standard InChI is InChI=1S/C14H20BrN/c1-2-11-5-8-14(9-11)16-10-12-3-6-13(15)7-4-12/h3-4,6-7,11,14,16H,2,5,8-10H2,1H3. The molecule has 1 aromatic rings. The van der Waals surface area contributed by atoms with E-state index < -0.39 is 0 Å². The molecule has 1 fully saturated rings. The molecule has 1 aliphatic carbocycles. The van der Waals surface area contributed by atoms with Crippen LogP contribution in [0.1, 0.15) is 38.2 Å². The van der Waals surface area contributed by atoms with Gasteiger partial charge < -0.3 is 5.32 Å². The van der Waals surface area contributed by atoms with Crippen molar-refractivity contribution in [2.75, 3.05) is 0 Å². The third-order valence-corrected chi connectivity index (χ3v) is 4.16. The average Bonchev–Trinajstić information content (AvgIpc) is 2.76. The molecule has 88 valence electrons. The van der Waals surface area contributed by atoms with Crippen LogP contribution < -0.4 is 5.32 Å². The number of rotatable bonds is 4. The number of benzene rings is 1. The van der Waals surface area contributed by atoms with Crippen LogP contribution in [0.25, 0.3) is 0 Å². The Labute approximate surface area is 107 Å². The molecule has 1 saturated carbocycles. The molecule has 1 aliphatic rings. The Kier molecular flexibility index (Phi) is 4.42. The van der Waals surface area contributed by atoms with Crippen LogP contribution in [0.4, 0.5) is 0 Å². The average molecular weight is 282 g/mol. The van der Waals surface area contributed by atoms with Crippen LogP contribution in [0.3, 0.4) is 0 Å². The SMILES string of the molecule is CCC1CCC(NCc2ccc(Br)cc2)C1. The summed E-state index contributed by atoms with van der Waals surface area (Å²) in [5.74, 6) is 0.961. The first-order valence-corrected chi connectivity index (χ1v) is 7.05. The van der Waals surface area contributed by atoms with E-state index in [0.717, 1.165) is 23.0 Å². The lowest BCUT2D eigenvalue weighted by molar-refractivity contribution is 0.477. The molecule has 0 aromatic heterocycles. The van der Waals surface area contributed by atoms with E-state index in [9.17, 15) is 0 Å². The topological polar surface area (TPSA) is 12.0 Å². The van der Waals surface area contributed by atoms with Crippen LogP contribution in [0.15, 0.2) is 28.7 Å². The van der Waals surface area contributed by atoms with Crippen molar-refractivity contribution < 1.29 is 0 Å². The second kappa shape index (κ2) is 5.83. The zero-order chi connectivity index (χ0) is 11.4. The van der Waals surface area contributed by atoms with Crippen molar-refractivity contribution in [3.05, 3.63) is 34.3 Å². The van der Waals surface area contributed by atoms with Gasteiger partial charge in [-0.1, -0.05) is 41.4 Å². The fraction of sp³-hybridized carbons (Fsp3) is 0.571. The van der Waals surface area contributed by atoms with E-state index in [0.29, 0.717) is 0 Å². The molecular weight excluding hydrogens is 262 g/mol. The molecular formula is C14H20BrN. The minimum atomic E-state index is 0.744. The maximum Gasteiger partial charge on any atom is 0.0208 e. The van der Waals surface area contributed by atoms with Gasteiger partial charge in [-0.15, -0.1) is 0 Å². The van der Waals surface area contributed by atoms with E-state index >= 15 is 0 Å². The summed E-state index contributed by atoms with van der Waals surface area (Å²) in [7, 11) is 0. The highest BCUT2D eigenvalue weighted by Gasteiger charge is 2.22. The molecule has 2 atom stereocenters. The van der Waals surface area contributed by atoms with Gasteiger partial charge in [-0.2, -0.15) is 0 Å². The Morgan fingerprint density at radius 2 is 2.00 bits per heavy atom. The van der Waals surface area contributed by atoms with Crippen molar-refractivity contribution in [2.45, 2.75) is 45.2 Å². The quantitative estimate of drug-likeness (QED) is 0.876. The summed E-state index contributed by atoms with van der Waals surface area (Å²) in [4.78, 5) is 0. The lowest BCUT2D eigenvalue weighted by atomic mass is 10.1. The fourth-order valence-electron chi connectivity index (χ4n) is 2.50. The molecule has 0 bridgehead atoms. The number of hydrogen-bond acceptors (Lipinski definition) is 1. The largest absolute Gasteiger partial charge is 0.310 e. The summed E-state index contributed by atoms with van der Waals surface area (Å²) in [6.07, 6.45) is 5.48. The molecule has 0 spiro atoms. The normalized spacial score (nSPS) is 24.9. The highest BCUT2D eigenvalue weighted by atomic mass is 79.9. The van der Waals surface area contributed by atoms with E-state index in [1.54, 1.807) is 0 Å². The summed E-state index contributed by atoms with van der Waals surface area (Å²) in [6.45, 7) is 3.32. The minimum Gasteiger partial charge on any atom is -0.310 e. The van der Waals surface area contributed by atoms with Crippen LogP contribution in [0.5, 0.6) is 0 Å². The number of halogens is 1. The molecule has 0 saturated heterocycles. The van der Waals surface area contributed by atoms with Gasteiger partial charge in [0, 0.05) is 17.1 Å². The van der Waals surface area contributed by atoms with Gasteiger partial charge in [0.25, 0.3) is 0 Å². The molecule has 0 amide bonds. The number of hydrogen-bond donors (Lipinski definition) is 1. The van der Waals surface area contributed by atoms with Gasteiger partial charge in [0.05, 0.1) is 0 Å². The predicted molar refractivity (Wildman–Crippen MR) is 72.4 cm³/mol. The zero-order valence-electron chi connectivity index (χ0n) is 9.88. The molecule has 0 radical (unpaired) electrons. The minimum absolute atomic E-state index is 0.744. The predicted octanol–water partition coefficient (Wildman–Crippen LogP) is 4.12. The van der Waals surface area contributed by atoms with Crippen molar-refractivity contribution in [3.63, 3.8) is 0 Å². The van der Waals surface area contributed by atoms with Gasteiger partial charge in [0.1, 0.15) is 0 Å². The summed E-state index contributed by atoms with van der Waals surface area (Å²) >= 11 is 3.46. The zero-order valence-corrected chi connectivity index (χ0v) is 11.5. The highest BCUT2D eigenvalue weighted by Crippen LogP contribution is 2.28. The van der Waals surface area contributed by atoms with Gasteiger partial charge in [0.2, 0.25) is 0 Å². The molecule has 16 heavy (non-hydrogen) atoms. The molecule has 1 N–H and O–H groups in total. The Hall–Kier alpha value is -0.340. The lowest BCUT2D eigenvalue weighted by Crippen LogP contribution is -2.25. The van der Waals surface area contributed by atoms with Crippen molar-refractivity contribution in [1.29, 1.82) is 0 Å². The van der Waals surface area contributed by atoms with Crippen molar-refractivity contribution in [3.8, 4) is 0 Å². The van der Waals surface area contributed by atoms with Gasteiger partial charge in [-0.3, -0.25) is 0 Å². The first-order chi connectivity index (χ1) is 7.78. The van der Waals surface area contributed by atoms with Gasteiger partial charge >= 0.3 is 0 Å². The van der Waals surface area contributed by atoms with Gasteiger partial charge in [-0.05, 0) is 42.9 Å². The van der Waals surface area contributed by atoms with Crippen molar-refractivity contribution in [2.24, 2.45) is 5.92 Å². The Morgan fingerprint density at radius 1 is 1.25 bits per heavy atom. The van der Waals surface area contributed by atoms with Crippen molar-refractivity contribution in [1.82, 2.24) is 5.32 Å². The Morgan fingerprint density at radius 3 is 2.62 bits per heavy atom. The van der Waals surface area contributed by atoms with Crippen LogP contribution >= 0.6 is 15.9 Å². The Bertz CT molecular complexity index is 320. The van der Waals surface area contributed by atoms with Gasteiger partial charge in [-0.25, -0.2) is 0 Å². The summed E-state index contributed by atoms with van der Waals surface area (Å²) < 4.78 is 1.16. The Balaban J connectivity index is 1.77. The summed E-state index contributed by atoms with van der Waals surface area (Å²) in [6, 6.07) is 9.34. The molecule has 1 nitrogen and oxygen atoms in total. The van der Waals surface area contributed by atoms with E-state index in [-0.39, 0.29) is 0 Å². The third-order valence-electron chi connectivity index (χ3n) is 3.63. The van der Waals surface area contributed by atoms with Gasteiger partial charge in [0.15, 0.2) is 0 Å². The molecule has 2 unspecified atom stereocenters. The van der Waals surface area contributed by atoms with E-state index in [4.69, 9.17) is 0 Å². The molecule has 1 aromatic carbocycles. The van der Waals surface area contributed by atoms with E-state index in [1.165, 1.54) is 31.2 Å². The third kappa shape index (κ3) is 3.33. The van der Waals surface area contributed by atoms with Crippen molar-refractivity contribution >= 4 is 15.9 Å².